The van der Waals surface area contributed by atoms with E-state index < -0.39 is 0 Å². The summed E-state index contributed by atoms with van der Waals surface area (Å²) in [4.78, 5) is 0. The highest BCUT2D eigenvalue weighted by Crippen LogP contribution is 2.15. The maximum Gasteiger partial charge on any atom is 0.0588 e. The Labute approximate surface area is 92.5 Å². The molecule has 0 saturated carbocycles. The third-order valence-electron chi connectivity index (χ3n) is 3.38. The molecule has 0 aromatic carbocycles. The van der Waals surface area contributed by atoms with Crippen LogP contribution in [0.15, 0.2) is 0 Å². The normalized spacial score (nSPS) is 32.8. The molecule has 2 saturated heterocycles. The van der Waals surface area contributed by atoms with Crippen molar-refractivity contribution >= 4 is 0 Å². The van der Waals surface area contributed by atoms with Gasteiger partial charge in [0.2, 0.25) is 0 Å². The molecule has 0 aromatic rings. The first-order valence-corrected chi connectivity index (χ1v) is 6.38. The van der Waals surface area contributed by atoms with E-state index >= 15 is 0 Å². The van der Waals surface area contributed by atoms with Crippen molar-refractivity contribution in [2.75, 3.05) is 26.4 Å². The van der Waals surface area contributed by atoms with Crippen LogP contribution in [0.5, 0.6) is 0 Å². The van der Waals surface area contributed by atoms with E-state index in [1.54, 1.807) is 0 Å². The Bertz CT molecular complexity index is 161. The van der Waals surface area contributed by atoms with Gasteiger partial charge in [-0.15, -0.1) is 0 Å². The average Bonchev–Trinajstić information content (AvgIpc) is 2.62. The number of rotatable bonds is 4. The molecule has 2 heterocycles. The van der Waals surface area contributed by atoms with Gasteiger partial charge >= 0.3 is 0 Å². The molecule has 0 aliphatic carbocycles. The molecule has 2 fully saturated rings. The van der Waals surface area contributed by atoms with E-state index in [-0.39, 0.29) is 0 Å². The van der Waals surface area contributed by atoms with Gasteiger partial charge in [0.1, 0.15) is 0 Å². The molecular formula is C12H23NO2. The van der Waals surface area contributed by atoms with E-state index in [4.69, 9.17) is 9.47 Å². The third-order valence-corrected chi connectivity index (χ3v) is 3.38. The molecule has 1 N–H and O–H groups in total. The number of ether oxygens (including phenoxy) is 2. The van der Waals surface area contributed by atoms with Crippen LogP contribution < -0.4 is 5.32 Å². The number of nitrogens with one attached hydrogen (secondary N) is 1. The average molecular weight is 213 g/mol. The van der Waals surface area contributed by atoms with Gasteiger partial charge in [0.25, 0.3) is 0 Å². The highest BCUT2D eigenvalue weighted by atomic mass is 16.5. The van der Waals surface area contributed by atoms with Crippen molar-refractivity contribution in [3.05, 3.63) is 0 Å². The zero-order chi connectivity index (χ0) is 10.3. The molecule has 0 radical (unpaired) electrons. The number of hydrogen-bond acceptors (Lipinski definition) is 3. The van der Waals surface area contributed by atoms with Gasteiger partial charge in [-0.2, -0.15) is 0 Å². The lowest BCUT2D eigenvalue weighted by Crippen LogP contribution is -2.31. The Morgan fingerprint density at radius 1 is 1.00 bits per heavy atom. The lowest BCUT2D eigenvalue weighted by molar-refractivity contribution is 0.103. The van der Waals surface area contributed by atoms with Crippen LogP contribution >= 0.6 is 0 Å². The van der Waals surface area contributed by atoms with E-state index in [2.05, 4.69) is 5.32 Å². The minimum atomic E-state index is 0.527. The molecule has 2 aliphatic heterocycles. The summed E-state index contributed by atoms with van der Waals surface area (Å²) < 4.78 is 11.0. The molecule has 3 nitrogen and oxygen atoms in total. The van der Waals surface area contributed by atoms with Gasteiger partial charge < -0.3 is 14.8 Å². The Hall–Kier alpha value is -0.120. The fourth-order valence-corrected chi connectivity index (χ4v) is 2.43. The molecule has 0 aromatic heterocycles. The van der Waals surface area contributed by atoms with Crippen LogP contribution in [0.1, 0.15) is 38.5 Å². The van der Waals surface area contributed by atoms with Gasteiger partial charge in [-0.25, -0.2) is 0 Å². The number of hydrogen-bond donors (Lipinski definition) is 1. The fourth-order valence-electron chi connectivity index (χ4n) is 2.43. The second-order valence-corrected chi connectivity index (χ2v) is 4.62. The van der Waals surface area contributed by atoms with Crippen molar-refractivity contribution in [1.29, 1.82) is 0 Å². The highest BCUT2D eigenvalue weighted by molar-refractivity contribution is 4.72. The zero-order valence-corrected chi connectivity index (χ0v) is 9.54. The lowest BCUT2D eigenvalue weighted by atomic mass is 10.1. The van der Waals surface area contributed by atoms with Crippen LogP contribution in [0.2, 0.25) is 0 Å². The largest absolute Gasteiger partial charge is 0.381 e. The summed E-state index contributed by atoms with van der Waals surface area (Å²) in [6, 6.07) is 0.675. The molecule has 88 valence electrons. The first kappa shape index (κ1) is 11.4. The molecule has 2 unspecified atom stereocenters. The molecule has 3 heteroatoms. The van der Waals surface area contributed by atoms with Crippen LogP contribution in [0.3, 0.4) is 0 Å². The predicted octanol–water partition coefficient (Wildman–Crippen LogP) is 1.71. The van der Waals surface area contributed by atoms with E-state index in [1.807, 2.05) is 0 Å². The quantitative estimate of drug-likeness (QED) is 0.771. The van der Waals surface area contributed by atoms with E-state index in [0.717, 1.165) is 26.4 Å². The zero-order valence-electron chi connectivity index (χ0n) is 9.54. The lowest BCUT2D eigenvalue weighted by Gasteiger charge is -2.17. The minimum absolute atomic E-state index is 0.527. The molecule has 0 spiro atoms. The SMILES string of the molecule is C1COCCC(NCCC2CCCO2)C1. The molecule has 15 heavy (non-hydrogen) atoms. The molecule has 2 rings (SSSR count). The van der Waals surface area contributed by atoms with Crippen molar-refractivity contribution in [2.45, 2.75) is 50.7 Å². The first-order valence-electron chi connectivity index (χ1n) is 6.38. The Balaban J connectivity index is 1.55. The van der Waals surface area contributed by atoms with Crippen molar-refractivity contribution in [3.63, 3.8) is 0 Å². The maximum absolute atomic E-state index is 5.60. The van der Waals surface area contributed by atoms with Gasteiger partial charge in [0.05, 0.1) is 6.10 Å². The Morgan fingerprint density at radius 2 is 1.93 bits per heavy atom. The standard InChI is InChI=1S/C12H23NO2/c1-3-11(6-10-14-8-1)13-7-5-12-4-2-9-15-12/h11-13H,1-10H2. The van der Waals surface area contributed by atoms with Crippen LogP contribution in [-0.4, -0.2) is 38.5 Å². The van der Waals surface area contributed by atoms with Crippen LogP contribution in [-0.2, 0) is 9.47 Å². The molecular weight excluding hydrogens is 190 g/mol. The summed E-state index contributed by atoms with van der Waals surface area (Å²) in [5.41, 5.74) is 0. The highest BCUT2D eigenvalue weighted by Gasteiger charge is 2.16. The summed E-state index contributed by atoms with van der Waals surface area (Å²) in [6.45, 7) is 3.96. The summed E-state index contributed by atoms with van der Waals surface area (Å²) in [5.74, 6) is 0. The molecule has 2 atom stereocenters. The molecule has 2 aliphatic rings. The van der Waals surface area contributed by atoms with Crippen molar-refractivity contribution in [3.8, 4) is 0 Å². The van der Waals surface area contributed by atoms with Crippen LogP contribution in [0, 0.1) is 0 Å². The minimum Gasteiger partial charge on any atom is -0.381 e. The molecule has 0 bridgehead atoms. The van der Waals surface area contributed by atoms with E-state index in [9.17, 15) is 0 Å². The summed E-state index contributed by atoms with van der Waals surface area (Å²) in [6.07, 6.45) is 7.86. The maximum atomic E-state index is 5.60. The van der Waals surface area contributed by atoms with Crippen LogP contribution in [0.25, 0.3) is 0 Å². The smallest absolute Gasteiger partial charge is 0.0588 e. The second-order valence-electron chi connectivity index (χ2n) is 4.62. The predicted molar refractivity (Wildman–Crippen MR) is 60.1 cm³/mol. The van der Waals surface area contributed by atoms with Gasteiger partial charge in [0, 0.05) is 25.9 Å². The Kier molecular flexibility index (Phi) is 4.90. The van der Waals surface area contributed by atoms with Gasteiger partial charge in [-0.05, 0) is 45.1 Å². The third kappa shape index (κ3) is 4.09. The van der Waals surface area contributed by atoms with Crippen molar-refractivity contribution < 1.29 is 9.47 Å². The first-order chi connectivity index (χ1) is 7.45. The fraction of sp³-hybridized carbons (Fsp3) is 1.00. The van der Waals surface area contributed by atoms with Gasteiger partial charge in [-0.3, -0.25) is 0 Å². The van der Waals surface area contributed by atoms with E-state index in [0.29, 0.717) is 12.1 Å². The van der Waals surface area contributed by atoms with E-state index in [1.165, 1.54) is 38.5 Å². The summed E-state index contributed by atoms with van der Waals surface area (Å²) in [7, 11) is 0. The Morgan fingerprint density at radius 3 is 2.80 bits per heavy atom. The topological polar surface area (TPSA) is 30.5 Å². The van der Waals surface area contributed by atoms with Crippen molar-refractivity contribution in [2.24, 2.45) is 0 Å². The second kappa shape index (κ2) is 6.46. The molecule has 0 amide bonds. The summed E-state index contributed by atoms with van der Waals surface area (Å²) >= 11 is 0. The monoisotopic (exact) mass is 213 g/mol. The van der Waals surface area contributed by atoms with Crippen LogP contribution in [0.4, 0.5) is 0 Å². The summed E-state index contributed by atoms with van der Waals surface area (Å²) in [5, 5.41) is 3.63. The van der Waals surface area contributed by atoms with Gasteiger partial charge in [0.15, 0.2) is 0 Å². The van der Waals surface area contributed by atoms with Gasteiger partial charge in [-0.1, -0.05) is 0 Å². The van der Waals surface area contributed by atoms with Crippen molar-refractivity contribution in [1.82, 2.24) is 5.32 Å².